The Morgan fingerprint density at radius 1 is 1.43 bits per heavy atom. The third-order valence-corrected chi connectivity index (χ3v) is 4.65. The molecule has 2 rings (SSSR count). The van der Waals surface area contributed by atoms with E-state index in [0.29, 0.717) is 13.2 Å². The lowest BCUT2D eigenvalue weighted by Crippen LogP contribution is -2.24. The zero-order valence-electron chi connectivity index (χ0n) is 11.8. The quantitative estimate of drug-likeness (QED) is 0.779. The van der Waals surface area contributed by atoms with Gasteiger partial charge in [0.25, 0.3) is 15.0 Å². The van der Waals surface area contributed by atoms with E-state index in [1.165, 1.54) is 31.0 Å². The fraction of sp³-hybridized carbons (Fsp3) is 0.500. The summed E-state index contributed by atoms with van der Waals surface area (Å²) in [6.45, 7) is 2.65. The lowest BCUT2D eigenvalue weighted by molar-refractivity contribution is 0.0952. The topological polar surface area (TPSA) is 72.5 Å². The Labute approximate surface area is 129 Å². The van der Waals surface area contributed by atoms with Gasteiger partial charge in [-0.2, -0.15) is 0 Å². The molecule has 0 heterocycles. The van der Waals surface area contributed by atoms with E-state index in [0.717, 1.165) is 12.3 Å². The molecule has 1 fully saturated rings. The molecule has 1 amide bonds. The molecular weight excluding hydrogens is 314 g/mol. The first kappa shape index (κ1) is 16.1. The van der Waals surface area contributed by atoms with Crippen molar-refractivity contribution in [3.8, 4) is 5.75 Å². The molecule has 1 N–H and O–H groups in total. The SMILES string of the molecule is CCOc1ccc(C(=O)NCCC2CC2)cc1S(=O)(=O)Cl. The number of benzene rings is 1. The van der Waals surface area contributed by atoms with Crippen LogP contribution >= 0.6 is 10.7 Å². The first-order chi connectivity index (χ1) is 9.91. The van der Waals surface area contributed by atoms with Crippen LogP contribution < -0.4 is 10.1 Å². The van der Waals surface area contributed by atoms with Crippen molar-refractivity contribution < 1.29 is 17.9 Å². The third-order valence-electron chi connectivity index (χ3n) is 3.30. The molecule has 0 radical (unpaired) electrons. The molecule has 0 saturated heterocycles. The Morgan fingerprint density at radius 2 is 2.14 bits per heavy atom. The first-order valence-electron chi connectivity index (χ1n) is 6.91. The van der Waals surface area contributed by atoms with Crippen molar-refractivity contribution in [2.45, 2.75) is 31.1 Å². The molecule has 1 aromatic rings. The van der Waals surface area contributed by atoms with Crippen molar-refractivity contribution in [1.29, 1.82) is 0 Å². The highest BCUT2D eigenvalue weighted by molar-refractivity contribution is 8.13. The van der Waals surface area contributed by atoms with E-state index >= 15 is 0 Å². The maximum atomic E-state index is 12.0. The molecule has 116 valence electrons. The Hall–Kier alpha value is -1.27. The van der Waals surface area contributed by atoms with Gasteiger partial charge >= 0.3 is 0 Å². The van der Waals surface area contributed by atoms with Gasteiger partial charge in [0.1, 0.15) is 10.6 Å². The maximum absolute atomic E-state index is 12.0. The normalized spacial score (nSPS) is 14.8. The molecule has 1 aromatic carbocycles. The standard InChI is InChI=1S/C14H18ClNO4S/c1-2-20-12-6-5-11(9-13(12)21(15,18)19)14(17)16-8-7-10-3-4-10/h5-6,9-10H,2-4,7-8H2,1H3,(H,16,17). The molecule has 1 aliphatic rings. The number of hydrogen-bond donors (Lipinski definition) is 1. The Morgan fingerprint density at radius 3 is 2.71 bits per heavy atom. The van der Waals surface area contributed by atoms with Crippen LogP contribution in [0.3, 0.4) is 0 Å². The number of rotatable bonds is 7. The average molecular weight is 332 g/mol. The molecule has 0 aliphatic heterocycles. The molecule has 5 nitrogen and oxygen atoms in total. The molecule has 0 aromatic heterocycles. The fourth-order valence-electron chi connectivity index (χ4n) is 2.01. The zero-order chi connectivity index (χ0) is 15.5. The van der Waals surface area contributed by atoms with E-state index in [2.05, 4.69) is 5.32 Å². The molecule has 21 heavy (non-hydrogen) atoms. The summed E-state index contributed by atoms with van der Waals surface area (Å²) in [5.74, 6) is 0.576. The monoisotopic (exact) mass is 331 g/mol. The second-order valence-electron chi connectivity index (χ2n) is 5.02. The molecule has 7 heteroatoms. The van der Waals surface area contributed by atoms with E-state index in [9.17, 15) is 13.2 Å². The summed E-state index contributed by atoms with van der Waals surface area (Å²) in [6, 6.07) is 4.23. The van der Waals surface area contributed by atoms with Gasteiger partial charge in [-0.05, 0) is 37.5 Å². The summed E-state index contributed by atoms with van der Waals surface area (Å²) >= 11 is 0. The summed E-state index contributed by atoms with van der Waals surface area (Å²) in [7, 11) is 1.42. The van der Waals surface area contributed by atoms with Gasteiger partial charge < -0.3 is 10.1 Å². The van der Waals surface area contributed by atoms with E-state index in [4.69, 9.17) is 15.4 Å². The van der Waals surface area contributed by atoms with Crippen LogP contribution in [-0.4, -0.2) is 27.5 Å². The molecule has 0 bridgehead atoms. The van der Waals surface area contributed by atoms with E-state index in [1.54, 1.807) is 6.92 Å². The number of carbonyl (C=O) groups excluding carboxylic acids is 1. The number of nitrogens with one attached hydrogen (secondary N) is 1. The highest BCUT2D eigenvalue weighted by Crippen LogP contribution is 2.32. The van der Waals surface area contributed by atoms with Gasteiger partial charge in [-0.1, -0.05) is 12.8 Å². The summed E-state index contributed by atoms with van der Waals surface area (Å²) < 4.78 is 28.4. The lowest BCUT2D eigenvalue weighted by Gasteiger charge is -2.10. The number of hydrogen-bond acceptors (Lipinski definition) is 4. The second kappa shape index (κ2) is 6.66. The van der Waals surface area contributed by atoms with Crippen molar-refractivity contribution >= 4 is 25.6 Å². The highest BCUT2D eigenvalue weighted by Gasteiger charge is 2.22. The summed E-state index contributed by atoms with van der Waals surface area (Å²) in [5.41, 5.74) is 0.258. The molecule has 0 unspecified atom stereocenters. The van der Waals surface area contributed by atoms with Gasteiger partial charge in [0, 0.05) is 22.8 Å². The summed E-state index contributed by atoms with van der Waals surface area (Å²) in [4.78, 5) is 11.8. The van der Waals surface area contributed by atoms with Crippen LogP contribution in [0.2, 0.25) is 0 Å². The van der Waals surface area contributed by atoms with E-state index < -0.39 is 9.05 Å². The van der Waals surface area contributed by atoms with E-state index in [1.807, 2.05) is 0 Å². The molecular formula is C14H18ClNO4S. The zero-order valence-corrected chi connectivity index (χ0v) is 13.3. The minimum Gasteiger partial charge on any atom is -0.492 e. The molecule has 1 saturated carbocycles. The van der Waals surface area contributed by atoms with Gasteiger partial charge in [-0.25, -0.2) is 8.42 Å². The number of halogens is 1. The predicted molar refractivity (Wildman–Crippen MR) is 80.3 cm³/mol. The Balaban J connectivity index is 2.13. The molecule has 1 aliphatic carbocycles. The predicted octanol–water partition coefficient (Wildman–Crippen LogP) is 2.54. The summed E-state index contributed by atoms with van der Waals surface area (Å²) in [6.07, 6.45) is 3.42. The van der Waals surface area contributed by atoms with Gasteiger partial charge in [0.05, 0.1) is 6.61 Å². The van der Waals surface area contributed by atoms with Gasteiger partial charge in [-0.15, -0.1) is 0 Å². The number of carbonyl (C=O) groups is 1. The third kappa shape index (κ3) is 4.61. The maximum Gasteiger partial charge on any atom is 0.265 e. The van der Waals surface area contributed by atoms with Crippen molar-refractivity contribution in [2.24, 2.45) is 5.92 Å². The van der Waals surface area contributed by atoms with Crippen molar-refractivity contribution in [3.05, 3.63) is 23.8 Å². The molecule has 0 spiro atoms. The Bertz CT molecular complexity index is 626. The van der Waals surface area contributed by atoms with Crippen LogP contribution in [0.5, 0.6) is 5.75 Å². The highest BCUT2D eigenvalue weighted by atomic mass is 35.7. The molecule has 0 atom stereocenters. The van der Waals surface area contributed by atoms with E-state index in [-0.39, 0.29) is 22.1 Å². The Kier molecular flexibility index (Phi) is 5.11. The minimum absolute atomic E-state index is 0.155. The number of ether oxygens (including phenoxy) is 1. The average Bonchev–Trinajstić information content (AvgIpc) is 3.22. The van der Waals surface area contributed by atoms with Gasteiger partial charge in [0.15, 0.2) is 0 Å². The smallest absolute Gasteiger partial charge is 0.265 e. The van der Waals surface area contributed by atoms with Crippen LogP contribution in [0.1, 0.15) is 36.5 Å². The van der Waals surface area contributed by atoms with Crippen LogP contribution in [0.25, 0.3) is 0 Å². The van der Waals surface area contributed by atoms with Crippen molar-refractivity contribution in [2.75, 3.05) is 13.2 Å². The van der Waals surface area contributed by atoms with Crippen LogP contribution in [0, 0.1) is 5.92 Å². The van der Waals surface area contributed by atoms with Gasteiger partial charge in [-0.3, -0.25) is 4.79 Å². The minimum atomic E-state index is -3.97. The fourth-order valence-corrected chi connectivity index (χ4v) is 3.01. The van der Waals surface area contributed by atoms with Crippen LogP contribution in [0.15, 0.2) is 23.1 Å². The van der Waals surface area contributed by atoms with Crippen LogP contribution in [-0.2, 0) is 9.05 Å². The lowest BCUT2D eigenvalue weighted by atomic mass is 10.2. The van der Waals surface area contributed by atoms with Gasteiger partial charge in [0.2, 0.25) is 0 Å². The van der Waals surface area contributed by atoms with Crippen molar-refractivity contribution in [3.63, 3.8) is 0 Å². The summed E-state index contributed by atoms with van der Waals surface area (Å²) in [5, 5.41) is 2.78. The second-order valence-corrected chi connectivity index (χ2v) is 7.55. The first-order valence-corrected chi connectivity index (χ1v) is 9.22. The van der Waals surface area contributed by atoms with Crippen LogP contribution in [0.4, 0.5) is 0 Å². The number of amides is 1. The van der Waals surface area contributed by atoms with Crippen molar-refractivity contribution in [1.82, 2.24) is 5.32 Å². The largest absolute Gasteiger partial charge is 0.492 e.